The second kappa shape index (κ2) is 5.13. The standard InChI is InChI=1S/C12H24O2/c1-4-11-7-5-6-8-12(11,13)9-14-10(2)3/h10-11,13H,4-9H2,1-3H3. The van der Waals surface area contributed by atoms with Gasteiger partial charge in [0, 0.05) is 0 Å². The summed E-state index contributed by atoms with van der Waals surface area (Å²) >= 11 is 0. The van der Waals surface area contributed by atoms with Crippen LogP contribution in [0.25, 0.3) is 0 Å². The van der Waals surface area contributed by atoms with Gasteiger partial charge in [0.15, 0.2) is 0 Å². The molecule has 1 aliphatic rings. The van der Waals surface area contributed by atoms with Crippen LogP contribution in [0.5, 0.6) is 0 Å². The summed E-state index contributed by atoms with van der Waals surface area (Å²) in [5.41, 5.74) is -0.544. The molecule has 2 atom stereocenters. The van der Waals surface area contributed by atoms with Gasteiger partial charge in [0.25, 0.3) is 0 Å². The molecule has 0 bridgehead atoms. The first-order valence-electron chi connectivity index (χ1n) is 5.92. The lowest BCUT2D eigenvalue weighted by atomic mass is 9.74. The maximum absolute atomic E-state index is 10.5. The zero-order valence-electron chi connectivity index (χ0n) is 9.75. The second-order valence-electron chi connectivity index (χ2n) is 4.81. The molecular weight excluding hydrogens is 176 g/mol. The average molecular weight is 200 g/mol. The lowest BCUT2D eigenvalue weighted by molar-refractivity contribution is -0.117. The minimum atomic E-state index is -0.544. The highest BCUT2D eigenvalue weighted by atomic mass is 16.5. The molecule has 0 radical (unpaired) electrons. The van der Waals surface area contributed by atoms with E-state index >= 15 is 0 Å². The smallest absolute Gasteiger partial charge is 0.0908 e. The Labute approximate surface area is 87.7 Å². The third-order valence-corrected chi connectivity index (χ3v) is 3.33. The van der Waals surface area contributed by atoms with E-state index in [1.807, 2.05) is 13.8 Å². The summed E-state index contributed by atoms with van der Waals surface area (Å²) in [6.45, 7) is 6.72. The lowest BCUT2D eigenvalue weighted by Gasteiger charge is -2.39. The van der Waals surface area contributed by atoms with Crippen molar-refractivity contribution >= 4 is 0 Å². The van der Waals surface area contributed by atoms with Crippen molar-refractivity contribution in [3.05, 3.63) is 0 Å². The molecule has 0 aromatic heterocycles. The zero-order chi connectivity index (χ0) is 10.6. The van der Waals surface area contributed by atoms with Gasteiger partial charge in [0.05, 0.1) is 18.3 Å². The van der Waals surface area contributed by atoms with Gasteiger partial charge in [0.2, 0.25) is 0 Å². The summed E-state index contributed by atoms with van der Waals surface area (Å²) in [4.78, 5) is 0. The van der Waals surface area contributed by atoms with E-state index in [1.54, 1.807) is 0 Å². The van der Waals surface area contributed by atoms with Gasteiger partial charge in [-0.15, -0.1) is 0 Å². The summed E-state index contributed by atoms with van der Waals surface area (Å²) in [7, 11) is 0. The molecule has 84 valence electrons. The molecule has 2 unspecified atom stereocenters. The third-order valence-electron chi connectivity index (χ3n) is 3.33. The quantitative estimate of drug-likeness (QED) is 0.756. The first-order chi connectivity index (χ1) is 6.58. The highest BCUT2D eigenvalue weighted by Gasteiger charge is 2.37. The van der Waals surface area contributed by atoms with Crippen LogP contribution < -0.4 is 0 Å². The van der Waals surface area contributed by atoms with Crippen molar-refractivity contribution < 1.29 is 9.84 Å². The van der Waals surface area contributed by atoms with Crippen molar-refractivity contribution in [2.45, 2.75) is 64.6 Å². The van der Waals surface area contributed by atoms with Gasteiger partial charge in [-0.2, -0.15) is 0 Å². The Morgan fingerprint density at radius 3 is 2.71 bits per heavy atom. The van der Waals surface area contributed by atoms with Crippen LogP contribution in [-0.4, -0.2) is 23.4 Å². The van der Waals surface area contributed by atoms with Crippen molar-refractivity contribution in [1.82, 2.24) is 0 Å². The largest absolute Gasteiger partial charge is 0.387 e. The highest BCUT2D eigenvalue weighted by Crippen LogP contribution is 2.36. The first kappa shape index (κ1) is 12.0. The fourth-order valence-corrected chi connectivity index (χ4v) is 2.38. The van der Waals surface area contributed by atoms with Crippen LogP contribution >= 0.6 is 0 Å². The van der Waals surface area contributed by atoms with E-state index < -0.39 is 5.60 Å². The molecule has 0 saturated heterocycles. The zero-order valence-corrected chi connectivity index (χ0v) is 9.75. The van der Waals surface area contributed by atoms with Gasteiger partial charge < -0.3 is 9.84 Å². The molecule has 14 heavy (non-hydrogen) atoms. The number of hydrogen-bond donors (Lipinski definition) is 1. The number of ether oxygens (including phenoxy) is 1. The van der Waals surface area contributed by atoms with E-state index in [9.17, 15) is 5.11 Å². The molecular formula is C12H24O2. The Bertz CT molecular complexity index is 168. The van der Waals surface area contributed by atoms with Crippen LogP contribution in [0.15, 0.2) is 0 Å². The predicted octanol–water partition coefficient (Wildman–Crippen LogP) is 2.74. The molecule has 1 fully saturated rings. The summed E-state index contributed by atoms with van der Waals surface area (Å²) < 4.78 is 5.57. The molecule has 0 aromatic carbocycles. The molecule has 0 aliphatic heterocycles. The van der Waals surface area contributed by atoms with E-state index in [4.69, 9.17) is 4.74 Å². The minimum absolute atomic E-state index is 0.221. The van der Waals surface area contributed by atoms with Crippen molar-refractivity contribution in [2.24, 2.45) is 5.92 Å². The Kier molecular flexibility index (Phi) is 4.39. The van der Waals surface area contributed by atoms with E-state index in [0.29, 0.717) is 12.5 Å². The first-order valence-corrected chi connectivity index (χ1v) is 5.92. The topological polar surface area (TPSA) is 29.5 Å². The second-order valence-corrected chi connectivity index (χ2v) is 4.81. The maximum atomic E-state index is 10.5. The Balaban J connectivity index is 2.49. The van der Waals surface area contributed by atoms with Gasteiger partial charge in [-0.1, -0.05) is 26.2 Å². The van der Waals surface area contributed by atoms with Crippen molar-refractivity contribution in [3.63, 3.8) is 0 Å². The van der Waals surface area contributed by atoms with E-state index in [0.717, 1.165) is 25.7 Å². The van der Waals surface area contributed by atoms with E-state index in [-0.39, 0.29) is 6.10 Å². The van der Waals surface area contributed by atoms with Crippen molar-refractivity contribution in [2.75, 3.05) is 6.61 Å². The molecule has 0 spiro atoms. The van der Waals surface area contributed by atoms with Crippen molar-refractivity contribution in [1.29, 1.82) is 0 Å². The van der Waals surface area contributed by atoms with Gasteiger partial charge in [-0.25, -0.2) is 0 Å². The van der Waals surface area contributed by atoms with Crippen LogP contribution in [0, 0.1) is 5.92 Å². The molecule has 2 nitrogen and oxygen atoms in total. The Morgan fingerprint density at radius 2 is 2.14 bits per heavy atom. The molecule has 0 heterocycles. The van der Waals surface area contributed by atoms with E-state index in [1.165, 1.54) is 6.42 Å². The third kappa shape index (κ3) is 2.96. The van der Waals surface area contributed by atoms with Crippen LogP contribution in [0.2, 0.25) is 0 Å². The molecule has 1 rings (SSSR count). The molecule has 1 saturated carbocycles. The SMILES string of the molecule is CCC1CCCCC1(O)COC(C)C. The predicted molar refractivity (Wildman–Crippen MR) is 58.3 cm³/mol. The van der Waals surface area contributed by atoms with Gasteiger partial charge in [-0.3, -0.25) is 0 Å². The van der Waals surface area contributed by atoms with Crippen LogP contribution in [0.4, 0.5) is 0 Å². The Morgan fingerprint density at radius 1 is 1.43 bits per heavy atom. The van der Waals surface area contributed by atoms with E-state index in [2.05, 4.69) is 6.92 Å². The van der Waals surface area contributed by atoms with Gasteiger partial charge >= 0.3 is 0 Å². The Hall–Kier alpha value is -0.0800. The number of hydrogen-bond acceptors (Lipinski definition) is 2. The summed E-state index contributed by atoms with van der Waals surface area (Å²) in [5.74, 6) is 0.440. The van der Waals surface area contributed by atoms with Crippen molar-refractivity contribution in [3.8, 4) is 0 Å². The average Bonchev–Trinajstić information content (AvgIpc) is 2.16. The molecule has 1 aliphatic carbocycles. The lowest BCUT2D eigenvalue weighted by Crippen LogP contribution is -2.45. The normalized spacial score (nSPS) is 33.6. The monoisotopic (exact) mass is 200 g/mol. The summed E-state index contributed by atoms with van der Waals surface area (Å²) in [6.07, 6.45) is 5.78. The summed E-state index contributed by atoms with van der Waals surface area (Å²) in [5, 5.41) is 10.5. The fraction of sp³-hybridized carbons (Fsp3) is 1.00. The summed E-state index contributed by atoms with van der Waals surface area (Å²) in [6, 6.07) is 0. The molecule has 0 aromatic rings. The molecule has 0 amide bonds. The minimum Gasteiger partial charge on any atom is -0.387 e. The molecule has 2 heteroatoms. The fourth-order valence-electron chi connectivity index (χ4n) is 2.38. The van der Waals surface area contributed by atoms with Crippen LogP contribution in [0.3, 0.4) is 0 Å². The van der Waals surface area contributed by atoms with Crippen LogP contribution in [-0.2, 0) is 4.74 Å². The maximum Gasteiger partial charge on any atom is 0.0908 e. The van der Waals surface area contributed by atoms with Crippen LogP contribution in [0.1, 0.15) is 52.9 Å². The highest BCUT2D eigenvalue weighted by molar-refractivity contribution is 4.89. The van der Waals surface area contributed by atoms with Gasteiger partial charge in [-0.05, 0) is 32.6 Å². The number of rotatable bonds is 4. The molecule has 1 N–H and O–H groups in total. The number of aliphatic hydroxyl groups is 1. The van der Waals surface area contributed by atoms with Gasteiger partial charge in [0.1, 0.15) is 0 Å².